The SMILES string of the molecule is CC(=O)N[C@H](CCCc1ccccc1)C(N)=O. The number of primary amides is 1. The van der Waals surface area contributed by atoms with Crippen LogP contribution in [-0.4, -0.2) is 17.9 Å². The molecular weight excluding hydrogens is 216 g/mol. The van der Waals surface area contributed by atoms with Crippen molar-refractivity contribution in [1.29, 1.82) is 0 Å². The lowest BCUT2D eigenvalue weighted by atomic mass is 10.0. The molecule has 0 aliphatic carbocycles. The molecule has 0 aromatic heterocycles. The first-order valence-corrected chi connectivity index (χ1v) is 5.70. The number of nitrogens with two attached hydrogens (primary N) is 1. The molecule has 1 aromatic carbocycles. The molecule has 4 heteroatoms. The van der Waals surface area contributed by atoms with E-state index in [2.05, 4.69) is 5.32 Å². The molecular formula is C13H18N2O2. The summed E-state index contributed by atoms with van der Waals surface area (Å²) < 4.78 is 0. The van der Waals surface area contributed by atoms with Crippen molar-refractivity contribution in [2.75, 3.05) is 0 Å². The molecule has 3 N–H and O–H groups in total. The van der Waals surface area contributed by atoms with Gasteiger partial charge in [-0.05, 0) is 24.8 Å². The number of hydrogen-bond donors (Lipinski definition) is 2. The highest BCUT2D eigenvalue weighted by Gasteiger charge is 2.15. The second kappa shape index (κ2) is 6.68. The third-order valence-electron chi connectivity index (χ3n) is 2.52. The molecule has 0 fully saturated rings. The molecule has 1 aromatic rings. The van der Waals surface area contributed by atoms with Gasteiger partial charge >= 0.3 is 0 Å². The Morgan fingerprint density at radius 2 is 1.94 bits per heavy atom. The molecule has 17 heavy (non-hydrogen) atoms. The van der Waals surface area contributed by atoms with E-state index in [9.17, 15) is 9.59 Å². The van der Waals surface area contributed by atoms with Crippen LogP contribution in [0.4, 0.5) is 0 Å². The molecule has 0 saturated heterocycles. The Bertz CT molecular complexity index is 376. The standard InChI is InChI=1S/C13H18N2O2/c1-10(16)15-12(13(14)17)9-5-8-11-6-3-2-4-7-11/h2-4,6-7,12H,5,8-9H2,1H3,(H2,14,17)(H,15,16)/t12-/m1/s1. The summed E-state index contributed by atoms with van der Waals surface area (Å²) in [6, 6.07) is 9.45. The Kier molecular flexibility index (Phi) is 5.20. The van der Waals surface area contributed by atoms with E-state index in [0.29, 0.717) is 6.42 Å². The van der Waals surface area contributed by atoms with Crippen LogP contribution in [0.3, 0.4) is 0 Å². The third-order valence-corrected chi connectivity index (χ3v) is 2.52. The number of carbonyl (C=O) groups excluding carboxylic acids is 2. The number of carbonyl (C=O) groups is 2. The van der Waals surface area contributed by atoms with Crippen molar-refractivity contribution in [3.05, 3.63) is 35.9 Å². The fourth-order valence-corrected chi connectivity index (χ4v) is 1.69. The first-order chi connectivity index (χ1) is 8.09. The molecule has 1 atom stereocenters. The largest absolute Gasteiger partial charge is 0.368 e. The predicted octanol–water partition coefficient (Wildman–Crippen LogP) is 0.999. The van der Waals surface area contributed by atoms with Crippen molar-refractivity contribution >= 4 is 11.8 Å². The zero-order chi connectivity index (χ0) is 12.7. The van der Waals surface area contributed by atoms with Crippen LogP contribution in [0.2, 0.25) is 0 Å². The summed E-state index contributed by atoms with van der Waals surface area (Å²) in [5.74, 6) is -0.707. The van der Waals surface area contributed by atoms with Crippen molar-refractivity contribution in [2.24, 2.45) is 5.73 Å². The van der Waals surface area contributed by atoms with Crippen LogP contribution >= 0.6 is 0 Å². The Labute approximate surface area is 101 Å². The quantitative estimate of drug-likeness (QED) is 0.770. The summed E-state index contributed by atoms with van der Waals surface area (Å²) in [7, 11) is 0. The van der Waals surface area contributed by atoms with E-state index in [1.807, 2.05) is 30.3 Å². The maximum atomic E-state index is 11.1. The highest BCUT2D eigenvalue weighted by molar-refractivity contribution is 5.85. The topological polar surface area (TPSA) is 72.2 Å². The fraction of sp³-hybridized carbons (Fsp3) is 0.385. The van der Waals surface area contributed by atoms with E-state index in [1.54, 1.807) is 0 Å². The number of hydrogen-bond acceptors (Lipinski definition) is 2. The number of rotatable bonds is 6. The Hall–Kier alpha value is -1.84. The molecule has 0 unspecified atom stereocenters. The molecule has 0 saturated carbocycles. The molecule has 4 nitrogen and oxygen atoms in total. The average Bonchev–Trinajstić information content (AvgIpc) is 2.28. The number of amides is 2. The van der Waals surface area contributed by atoms with Crippen molar-refractivity contribution in [3.63, 3.8) is 0 Å². The monoisotopic (exact) mass is 234 g/mol. The van der Waals surface area contributed by atoms with E-state index < -0.39 is 11.9 Å². The van der Waals surface area contributed by atoms with E-state index in [0.717, 1.165) is 12.8 Å². The minimum atomic E-state index is -0.559. The van der Waals surface area contributed by atoms with Crippen LogP contribution in [0.1, 0.15) is 25.3 Å². The van der Waals surface area contributed by atoms with E-state index in [1.165, 1.54) is 12.5 Å². The molecule has 0 spiro atoms. The van der Waals surface area contributed by atoms with Gasteiger partial charge in [-0.3, -0.25) is 9.59 Å². The summed E-state index contributed by atoms with van der Waals surface area (Å²) in [4.78, 5) is 22.0. The Morgan fingerprint density at radius 3 is 2.47 bits per heavy atom. The van der Waals surface area contributed by atoms with Crippen molar-refractivity contribution in [3.8, 4) is 0 Å². The second-order valence-corrected chi connectivity index (χ2v) is 4.03. The minimum Gasteiger partial charge on any atom is -0.368 e. The molecule has 92 valence electrons. The summed E-state index contributed by atoms with van der Waals surface area (Å²) in [5.41, 5.74) is 6.43. The first kappa shape index (κ1) is 13.2. The maximum absolute atomic E-state index is 11.1. The van der Waals surface area contributed by atoms with Gasteiger partial charge in [0.15, 0.2) is 0 Å². The minimum absolute atomic E-state index is 0.228. The van der Waals surface area contributed by atoms with Crippen molar-refractivity contribution < 1.29 is 9.59 Å². The maximum Gasteiger partial charge on any atom is 0.239 e. The molecule has 0 bridgehead atoms. The first-order valence-electron chi connectivity index (χ1n) is 5.70. The van der Waals surface area contributed by atoms with Gasteiger partial charge in [-0.1, -0.05) is 30.3 Å². The number of benzene rings is 1. The second-order valence-electron chi connectivity index (χ2n) is 4.03. The van der Waals surface area contributed by atoms with Gasteiger partial charge in [-0.2, -0.15) is 0 Å². The average molecular weight is 234 g/mol. The van der Waals surface area contributed by atoms with Gasteiger partial charge in [0, 0.05) is 6.92 Å². The molecule has 1 rings (SSSR count). The molecule has 0 aliphatic heterocycles. The summed E-state index contributed by atoms with van der Waals surface area (Å²) in [5, 5.41) is 2.55. The van der Waals surface area contributed by atoms with Crippen LogP contribution in [0, 0.1) is 0 Å². The van der Waals surface area contributed by atoms with Crippen LogP contribution in [0.25, 0.3) is 0 Å². The summed E-state index contributed by atoms with van der Waals surface area (Å²) in [6.07, 6.45) is 2.27. The lowest BCUT2D eigenvalue weighted by molar-refractivity contribution is -0.126. The van der Waals surface area contributed by atoms with E-state index in [-0.39, 0.29) is 5.91 Å². The lowest BCUT2D eigenvalue weighted by Gasteiger charge is -2.13. The van der Waals surface area contributed by atoms with Crippen molar-refractivity contribution in [1.82, 2.24) is 5.32 Å². The van der Waals surface area contributed by atoms with Gasteiger partial charge in [0.05, 0.1) is 0 Å². The van der Waals surface area contributed by atoms with Crippen molar-refractivity contribution in [2.45, 2.75) is 32.2 Å². The van der Waals surface area contributed by atoms with Crippen LogP contribution in [0.15, 0.2) is 30.3 Å². The third kappa shape index (κ3) is 5.15. The number of nitrogens with one attached hydrogen (secondary N) is 1. The van der Waals surface area contributed by atoms with Gasteiger partial charge in [0.1, 0.15) is 6.04 Å². The van der Waals surface area contributed by atoms with Crippen LogP contribution in [-0.2, 0) is 16.0 Å². The van der Waals surface area contributed by atoms with Crippen LogP contribution in [0.5, 0.6) is 0 Å². The Balaban J connectivity index is 2.37. The molecule has 0 heterocycles. The van der Waals surface area contributed by atoms with E-state index in [4.69, 9.17) is 5.73 Å². The van der Waals surface area contributed by atoms with Gasteiger partial charge in [-0.25, -0.2) is 0 Å². The number of aryl methyl sites for hydroxylation is 1. The van der Waals surface area contributed by atoms with Gasteiger partial charge in [0.25, 0.3) is 0 Å². The van der Waals surface area contributed by atoms with Gasteiger partial charge in [0.2, 0.25) is 11.8 Å². The Morgan fingerprint density at radius 1 is 1.29 bits per heavy atom. The van der Waals surface area contributed by atoms with Gasteiger partial charge < -0.3 is 11.1 Å². The predicted molar refractivity (Wildman–Crippen MR) is 66.2 cm³/mol. The highest BCUT2D eigenvalue weighted by Crippen LogP contribution is 2.06. The molecule has 0 radical (unpaired) electrons. The smallest absolute Gasteiger partial charge is 0.239 e. The fourth-order valence-electron chi connectivity index (χ4n) is 1.69. The highest BCUT2D eigenvalue weighted by atomic mass is 16.2. The zero-order valence-corrected chi connectivity index (χ0v) is 9.98. The summed E-state index contributed by atoms with van der Waals surface area (Å²) >= 11 is 0. The zero-order valence-electron chi connectivity index (χ0n) is 9.98. The lowest BCUT2D eigenvalue weighted by Crippen LogP contribution is -2.43. The van der Waals surface area contributed by atoms with Crippen LogP contribution < -0.4 is 11.1 Å². The summed E-state index contributed by atoms with van der Waals surface area (Å²) in [6.45, 7) is 1.38. The molecule has 0 aliphatic rings. The molecule has 2 amide bonds. The normalized spacial score (nSPS) is 11.8. The van der Waals surface area contributed by atoms with Gasteiger partial charge in [-0.15, -0.1) is 0 Å². The van der Waals surface area contributed by atoms with E-state index >= 15 is 0 Å².